The Balaban J connectivity index is 2.09. The molecule has 118 valence electrons. The summed E-state index contributed by atoms with van der Waals surface area (Å²) in [5.41, 5.74) is 1.48. The van der Waals surface area contributed by atoms with E-state index >= 15 is 0 Å². The van der Waals surface area contributed by atoms with Crippen LogP contribution in [0.3, 0.4) is 0 Å². The third-order valence-electron chi connectivity index (χ3n) is 3.97. The van der Waals surface area contributed by atoms with Gasteiger partial charge >= 0.3 is 0 Å². The minimum atomic E-state index is 0.434. The fourth-order valence-electron chi connectivity index (χ4n) is 2.61. The first-order chi connectivity index (χ1) is 10.7. The first-order valence-corrected chi connectivity index (χ1v) is 8.82. The first kappa shape index (κ1) is 16.8. The van der Waals surface area contributed by atoms with Crippen molar-refractivity contribution in [2.24, 2.45) is 0 Å². The number of pyridine rings is 1. The Kier molecular flexibility index (Phi) is 6.26. The van der Waals surface area contributed by atoms with Crippen molar-refractivity contribution in [1.29, 1.82) is 5.26 Å². The second-order valence-corrected chi connectivity index (χ2v) is 6.44. The summed E-state index contributed by atoms with van der Waals surface area (Å²) >= 11 is 3.61. The predicted octanol–water partition coefficient (Wildman–Crippen LogP) is 5.36. The van der Waals surface area contributed by atoms with Gasteiger partial charge in [-0.25, -0.2) is 4.98 Å². The van der Waals surface area contributed by atoms with Crippen LogP contribution >= 0.6 is 15.9 Å². The highest BCUT2D eigenvalue weighted by molar-refractivity contribution is 9.10. The Bertz CT molecular complexity index is 656. The average molecular weight is 363 g/mol. The molecule has 22 heavy (non-hydrogen) atoms. The zero-order valence-electron chi connectivity index (χ0n) is 13.2. The second-order valence-electron chi connectivity index (χ2n) is 5.64. The standard InChI is InChI=1S/C17H23BrN4/c1-3-5-6-7-8-13(4-2)22-17-15(18)16-12(11-20-17)9-14(10-19)21-16/h9,11,13,21H,3-8H2,1-2H3,(H,20,22). The lowest BCUT2D eigenvalue weighted by Crippen LogP contribution is -2.19. The Morgan fingerprint density at radius 1 is 1.36 bits per heavy atom. The van der Waals surface area contributed by atoms with Crippen LogP contribution in [0.15, 0.2) is 16.7 Å². The number of nitrogens with one attached hydrogen (secondary N) is 2. The molecule has 1 atom stereocenters. The fourth-order valence-corrected chi connectivity index (χ4v) is 3.16. The fraction of sp³-hybridized carbons (Fsp3) is 0.529. The van der Waals surface area contributed by atoms with Crippen LogP contribution in [0, 0.1) is 11.3 Å². The lowest BCUT2D eigenvalue weighted by Gasteiger charge is -2.18. The van der Waals surface area contributed by atoms with E-state index in [-0.39, 0.29) is 0 Å². The molecule has 2 rings (SSSR count). The van der Waals surface area contributed by atoms with Crippen molar-refractivity contribution in [2.45, 2.75) is 58.4 Å². The van der Waals surface area contributed by atoms with Crippen molar-refractivity contribution in [3.63, 3.8) is 0 Å². The van der Waals surface area contributed by atoms with Gasteiger partial charge in [0.25, 0.3) is 0 Å². The third-order valence-corrected chi connectivity index (χ3v) is 4.74. The molecule has 0 aliphatic heterocycles. The molecule has 0 aromatic carbocycles. The van der Waals surface area contributed by atoms with E-state index in [1.807, 2.05) is 12.3 Å². The molecule has 0 saturated heterocycles. The topological polar surface area (TPSA) is 64.5 Å². The third kappa shape index (κ3) is 4.01. The Morgan fingerprint density at radius 2 is 2.18 bits per heavy atom. The highest BCUT2D eigenvalue weighted by atomic mass is 79.9. The van der Waals surface area contributed by atoms with Gasteiger partial charge in [0, 0.05) is 17.6 Å². The van der Waals surface area contributed by atoms with Crippen molar-refractivity contribution in [3.8, 4) is 6.07 Å². The van der Waals surface area contributed by atoms with Gasteiger partial charge in [0.2, 0.25) is 0 Å². The molecule has 2 aromatic heterocycles. The molecule has 0 amide bonds. The Morgan fingerprint density at radius 3 is 2.86 bits per heavy atom. The maximum Gasteiger partial charge on any atom is 0.142 e. The second kappa shape index (κ2) is 8.19. The van der Waals surface area contributed by atoms with E-state index in [2.05, 4.69) is 51.1 Å². The average Bonchev–Trinajstić information content (AvgIpc) is 2.96. The smallest absolute Gasteiger partial charge is 0.142 e. The number of fused-ring (bicyclic) bond motifs is 1. The number of H-pyrrole nitrogens is 1. The molecule has 0 aliphatic carbocycles. The first-order valence-electron chi connectivity index (χ1n) is 8.03. The number of hydrogen-bond donors (Lipinski definition) is 2. The van der Waals surface area contributed by atoms with Gasteiger partial charge in [0.05, 0.1) is 9.99 Å². The van der Waals surface area contributed by atoms with E-state index in [9.17, 15) is 0 Å². The van der Waals surface area contributed by atoms with Gasteiger partial charge in [0.1, 0.15) is 17.6 Å². The molecule has 0 fully saturated rings. The quantitative estimate of drug-likeness (QED) is 0.621. The monoisotopic (exact) mass is 362 g/mol. The van der Waals surface area contributed by atoms with Gasteiger partial charge in [-0.1, -0.05) is 39.5 Å². The molecule has 0 spiro atoms. The lowest BCUT2D eigenvalue weighted by molar-refractivity contribution is 0.560. The number of nitrogens with zero attached hydrogens (tertiary/aromatic N) is 2. The molecular weight excluding hydrogens is 340 g/mol. The van der Waals surface area contributed by atoms with Crippen LogP contribution in [-0.2, 0) is 0 Å². The minimum Gasteiger partial charge on any atom is -0.366 e. The summed E-state index contributed by atoms with van der Waals surface area (Å²) in [5.74, 6) is 0.848. The minimum absolute atomic E-state index is 0.434. The maximum absolute atomic E-state index is 8.99. The van der Waals surface area contributed by atoms with E-state index in [1.165, 1.54) is 25.7 Å². The lowest BCUT2D eigenvalue weighted by atomic mass is 10.1. The normalized spacial score (nSPS) is 12.3. The summed E-state index contributed by atoms with van der Waals surface area (Å²) in [6.45, 7) is 4.43. The number of anilines is 1. The summed E-state index contributed by atoms with van der Waals surface area (Å²) < 4.78 is 0.901. The van der Waals surface area contributed by atoms with Gasteiger partial charge < -0.3 is 10.3 Å². The van der Waals surface area contributed by atoms with E-state index in [4.69, 9.17) is 5.26 Å². The summed E-state index contributed by atoms with van der Waals surface area (Å²) in [6.07, 6.45) is 9.17. The number of unbranched alkanes of at least 4 members (excludes halogenated alkanes) is 3. The molecular formula is C17H23BrN4. The summed E-state index contributed by atoms with van der Waals surface area (Å²) in [7, 11) is 0. The highest BCUT2D eigenvalue weighted by Gasteiger charge is 2.13. The SMILES string of the molecule is CCCCCCC(CC)Nc1ncc2cc(C#N)[nH]c2c1Br. The van der Waals surface area contributed by atoms with Crippen LogP contribution in [0.1, 0.15) is 58.1 Å². The van der Waals surface area contributed by atoms with Gasteiger partial charge in [-0.2, -0.15) is 5.26 Å². The van der Waals surface area contributed by atoms with Gasteiger partial charge in [0.15, 0.2) is 0 Å². The molecule has 0 saturated carbocycles. The van der Waals surface area contributed by atoms with Crippen molar-refractivity contribution < 1.29 is 0 Å². The Hall–Kier alpha value is -1.54. The van der Waals surface area contributed by atoms with Crippen LogP contribution in [0.4, 0.5) is 5.82 Å². The largest absolute Gasteiger partial charge is 0.366 e. The number of hydrogen-bond acceptors (Lipinski definition) is 3. The Labute approximate surface area is 140 Å². The summed E-state index contributed by atoms with van der Waals surface area (Å²) in [4.78, 5) is 7.62. The molecule has 2 aromatic rings. The number of aromatic amines is 1. The number of halogens is 1. The predicted molar refractivity (Wildman–Crippen MR) is 95.0 cm³/mol. The van der Waals surface area contributed by atoms with Crippen LogP contribution in [0.25, 0.3) is 10.9 Å². The summed E-state index contributed by atoms with van der Waals surface area (Å²) in [5, 5.41) is 13.5. The maximum atomic E-state index is 8.99. The van der Waals surface area contributed by atoms with E-state index in [0.717, 1.165) is 34.0 Å². The molecule has 0 radical (unpaired) electrons. The van der Waals surface area contributed by atoms with Crippen molar-refractivity contribution in [2.75, 3.05) is 5.32 Å². The van der Waals surface area contributed by atoms with Crippen molar-refractivity contribution in [1.82, 2.24) is 9.97 Å². The van der Waals surface area contributed by atoms with E-state index in [1.54, 1.807) is 0 Å². The highest BCUT2D eigenvalue weighted by Crippen LogP contribution is 2.30. The number of nitriles is 1. The molecule has 5 heteroatoms. The van der Waals surface area contributed by atoms with E-state index < -0.39 is 0 Å². The zero-order valence-corrected chi connectivity index (χ0v) is 14.8. The molecule has 4 nitrogen and oxygen atoms in total. The van der Waals surface area contributed by atoms with Gasteiger partial charge in [-0.15, -0.1) is 0 Å². The van der Waals surface area contributed by atoms with Crippen LogP contribution in [-0.4, -0.2) is 16.0 Å². The summed E-state index contributed by atoms with van der Waals surface area (Å²) in [6, 6.07) is 4.38. The molecule has 0 aliphatic rings. The van der Waals surface area contributed by atoms with Crippen LogP contribution in [0.5, 0.6) is 0 Å². The van der Waals surface area contributed by atoms with Gasteiger partial charge in [-0.05, 0) is 34.8 Å². The van der Waals surface area contributed by atoms with Crippen LogP contribution in [0.2, 0.25) is 0 Å². The molecule has 1 unspecified atom stereocenters. The van der Waals surface area contributed by atoms with Crippen molar-refractivity contribution >= 4 is 32.7 Å². The van der Waals surface area contributed by atoms with Crippen molar-refractivity contribution in [3.05, 3.63) is 22.4 Å². The van der Waals surface area contributed by atoms with Gasteiger partial charge in [-0.3, -0.25) is 0 Å². The number of aromatic nitrogens is 2. The zero-order chi connectivity index (χ0) is 15.9. The van der Waals surface area contributed by atoms with Crippen LogP contribution < -0.4 is 5.32 Å². The molecule has 2 N–H and O–H groups in total. The van der Waals surface area contributed by atoms with E-state index in [0.29, 0.717) is 11.7 Å². The molecule has 0 bridgehead atoms. The molecule has 2 heterocycles. The number of rotatable bonds is 8.